The standard InChI is InChI=1S/C21H30N4O4/c1-3-24-20(22-25(21(24)27)13-14-28-2)18-9-11-23(12-10-18)15-19(26)29-16-17-7-5-4-6-8-17/h4-8,18H,3,9-16H2,1-2H3. The highest BCUT2D eigenvalue weighted by atomic mass is 16.5. The first-order valence-corrected chi connectivity index (χ1v) is 10.2. The number of carbonyl (C=O) groups excluding carboxylic acids is 1. The summed E-state index contributed by atoms with van der Waals surface area (Å²) in [6.45, 7) is 5.66. The fourth-order valence-electron chi connectivity index (χ4n) is 3.70. The molecule has 8 heteroatoms. The fraction of sp³-hybridized carbons (Fsp3) is 0.571. The molecule has 1 aliphatic rings. The maximum absolute atomic E-state index is 12.5. The third-order valence-corrected chi connectivity index (χ3v) is 5.32. The second-order valence-electron chi connectivity index (χ2n) is 7.30. The third-order valence-electron chi connectivity index (χ3n) is 5.32. The van der Waals surface area contributed by atoms with Crippen molar-refractivity contribution in [1.82, 2.24) is 19.2 Å². The Kier molecular flexibility index (Phi) is 7.60. The van der Waals surface area contributed by atoms with Crippen LogP contribution in [0.4, 0.5) is 0 Å². The Labute approximate surface area is 171 Å². The van der Waals surface area contributed by atoms with E-state index in [9.17, 15) is 9.59 Å². The average molecular weight is 402 g/mol. The Morgan fingerprint density at radius 1 is 1.21 bits per heavy atom. The molecule has 0 N–H and O–H groups in total. The molecule has 1 aliphatic heterocycles. The summed E-state index contributed by atoms with van der Waals surface area (Å²) in [6.07, 6.45) is 1.74. The van der Waals surface area contributed by atoms with Crippen LogP contribution in [0.5, 0.6) is 0 Å². The number of hydrogen-bond donors (Lipinski definition) is 0. The minimum absolute atomic E-state index is 0.0773. The Balaban J connectivity index is 1.51. The number of piperidine rings is 1. The highest BCUT2D eigenvalue weighted by molar-refractivity contribution is 5.71. The summed E-state index contributed by atoms with van der Waals surface area (Å²) in [5, 5.41) is 4.57. The van der Waals surface area contributed by atoms with Crippen LogP contribution in [0.2, 0.25) is 0 Å². The van der Waals surface area contributed by atoms with Gasteiger partial charge >= 0.3 is 11.7 Å². The highest BCUT2D eigenvalue weighted by Crippen LogP contribution is 2.26. The summed E-state index contributed by atoms with van der Waals surface area (Å²) in [7, 11) is 1.61. The zero-order chi connectivity index (χ0) is 20.6. The van der Waals surface area contributed by atoms with Gasteiger partial charge < -0.3 is 9.47 Å². The van der Waals surface area contributed by atoms with Crippen LogP contribution in [0, 0.1) is 0 Å². The number of benzene rings is 1. The van der Waals surface area contributed by atoms with E-state index in [-0.39, 0.29) is 17.6 Å². The van der Waals surface area contributed by atoms with Gasteiger partial charge in [-0.05, 0) is 38.4 Å². The summed E-state index contributed by atoms with van der Waals surface area (Å²) in [5.74, 6) is 0.865. The highest BCUT2D eigenvalue weighted by Gasteiger charge is 2.27. The van der Waals surface area contributed by atoms with Crippen molar-refractivity contribution in [2.45, 2.75) is 45.4 Å². The molecule has 0 radical (unpaired) electrons. The van der Waals surface area contributed by atoms with E-state index in [1.54, 1.807) is 11.7 Å². The molecule has 1 saturated heterocycles. The van der Waals surface area contributed by atoms with Gasteiger partial charge in [0.2, 0.25) is 0 Å². The molecule has 3 rings (SSSR count). The summed E-state index contributed by atoms with van der Waals surface area (Å²) < 4.78 is 13.7. The van der Waals surface area contributed by atoms with Gasteiger partial charge in [-0.1, -0.05) is 30.3 Å². The molecule has 29 heavy (non-hydrogen) atoms. The van der Waals surface area contributed by atoms with E-state index in [1.165, 1.54) is 4.68 Å². The first-order chi connectivity index (χ1) is 14.1. The zero-order valence-electron chi connectivity index (χ0n) is 17.2. The molecule has 0 bridgehead atoms. The van der Waals surface area contributed by atoms with Gasteiger partial charge in [0.15, 0.2) is 0 Å². The van der Waals surface area contributed by atoms with Gasteiger partial charge in [-0.2, -0.15) is 5.10 Å². The summed E-state index contributed by atoms with van der Waals surface area (Å²) in [5.41, 5.74) is 0.910. The van der Waals surface area contributed by atoms with Gasteiger partial charge in [0.05, 0.1) is 19.7 Å². The molecule has 158 valence electrons. The second-order valence-corrected chi connectivity index (χ2v) is 7.30. The molecule has 2 aromatic rings. The van der Waals surface area contributed by atoms with Crippen LogP contribution in [-0.4, -0.2) is 58.6 Å². The van der Waals surface area contributed by atoms with Crippen molar-refractivity contribution in [1.29, 1.82) is 0 Å². The molecule has 1 fully saturated rings. The number of esters is 1. The normalized spacial score (nSPS) is 15.5. The molecule has 1 aromatic carbocycles. The van der Waals surface area contributed by atoms with Gasteiger partial charge in [0.1, 0.15) is 12.4 Å². The van der Waals surface area contributed by atoms with E-state index < -0.39 is 0 Å². The summed E-state index contributed by atoms with van der Waals surface area (Å²) in [4.78, 5) is 26.8. The Hall–Kier alpha value is -2.45. The number of methoxy groups -OCH3 is 1. The fourth-order valence-corrected chi connectivity index (χ4v) is 3.70. The van der Waals surface area contributed by atoms with Crippen molar-refractivity contribution in [2.24, 2.45) is 0 Å². The van der Waals surface area contributed by atoms with Gasteiger partial charge in [-0.3, -0.25) is 14.3 Å². The molecule has 0 unspecified atom stereocenters. The predicted octanol–water partition coefficient (Wildman–Crippen LogP) is 1.63. The molecular weight excluding hydrogens is 372 g/mol. The van der Waals surface area contributed by atoms with Crippen molar-refractivity contribution in [2.75, 3.05) is 33.4 Å². The molecule has 2 heterocycles. The van der Waals surface area contributed by atoms with Crippen LogP contribution < -0.4 is 5.69 Å². The number of ether oxygens (including phenoxy) is 2. The van der Waals surface area contributed by atoms with Gasteiger partial charge in [-0.25, -0.2) is 9.48 Å². The quantitative estimate of drug-likeness (QED) is 0.594. The average Bonchev–Trinajstić information content (AvgIpc) is 3.07. The summed E-state index contributed by atoms with van der Waals surface area (Å²) in [6, 6.07) is 9.69. The molecular formula is C21H30N4O4. The molecule has 0 aliphatic carbocycles. The van der Waals surface area contributed by atoms with E-state index in [1.807, 2.05) is 37.3 Å². The molecule has 8 nitrogen and oxygen atoms in total. The van der Waals surface area contributed by atoms with Gasteiger partial charge in [0, 0.05) is 19.6 Å². The van der Waals surface area contributed by atoms with E-state index >= 15 is 0 Å². The van der Waals surface area contributed by atoms with Crippen molar-refractivity contribution < 1.29 is 14.3 Å². The van der Waals surface area contributed by atoms with Gasteiger partial charge in [0.25, 0.3) is 0 Å². The van der Waals surface area contributed by atoms with Crippen LogP contribution in [0.3, 0.4) is 0 Å². The molecule has 0 saturated carbocycles. The predicted molar refractivity (Wildman–Crippen MR) is 109 cm³/mol. The molecule has 0 amide bonds. The van der Waals surface area contributed by atoms with Crippen molar-refractivity contribution >= 4 is 5.97 Å². The maximum atomic E-state index is 12.5. The number of nitrogens with zero attached hydrogens (tertiary/aromatic N) is 4. The van der Waals surface area contributed by atoms with Crippen LogP contribution in [0.25, 0.3) is 0 Å². The third kappa shape index (κ3) is 5.55. The topological polar surface area (TPSA) is 78.6 Å². The minimum Gasteiger partial charge on any atom is -0.460 e. The Morgan fingerprint density at radius 2 is 1.93 bits per heavy atom. The number of likely N-dealkylation sites (tertiary alicyclic amines) is 1. The lowest BCUT2D eigenvalue weighted by Gasteiger charge is -2.30. The number of rotatable bonds is 9. The lowest BCUT2D eigenvalue weighted by atomic mass is 9.96. The van der Waals surface area contributed by atoms with Crippen LogP contribution >= 0.6 is 0 Å². The van der Waals surface area contributed by atoms with Crippen molar-refractivity contribution in [3.63, 3.8) is 0 Å². The van der Waals surface area contributed by atoms with Crippen LogP contribution in [-0.2, 0) is 34.0 Å². The van der Waals surface area contributed by atoms with E-state index in [0.717, 1.165) is 37.3 Å². The summed E-state index contributed by atoms with van der Waals surface area (Å²) >= 11 is 0. The number of hydrogen-bond acceptors (Lipinski definition) is 6. The Morgan fingerprint density at radius 3 is 2.59 bits per heavy atom. The van der Waals surface area contributed by atoms with Gasteiger partial charge in [-0.15, -0.1) is 0 Å². The van der Waals surface area contributed by atoms with Crippen LogP contribution in [0.1, 0.15) is 37.1 Å². The lowest BCUT2D eigenvalue weighted by molar-refractivity contribution is -0.146. The SMILES string of the molecule is CCn1c(C2CCN(CC(=O)OCc3ccccc3)CC2)nn(CCOC)c1=O. The first kappa shape index (κ1) is 21.3. The number of aromatic nitrogens is 3. The minimum atomic E-state index is -0.207. The van der Waals surface area contributed by atoms with E-state index in [4.69, 9.17) is 9.47 Å². The zero-order valence-corrected chi connectivity index (χ0v) is 17.2. The lowest BCUT2D eigenvalue weighted by Crippen LogP contribution is -2.38. The largest absolute Gasteiger partial charge is 0.460 e. The van der Waals surface area contributed by atoms with Crippen LogP contribution in [0.15, 0.2) is 35.1 Å². The first-order valence-electron chi connectivity index (χ1n) is 10.2. The Bertz CT molecular complexity index is 838. The second kappa shape index (κ2) is 10.4. The van der Waals surface area contributed by atoms with Crippen molar-refractivity contribution in [3.8, 4) is 0 Å². The molecule has 1 aromatic heterocycles. The molecule has 0 spiro atoms. The monoisotopic (exact) mass is 402 g/mol. The van der Waals surface area contributed by atoms with E-state index in [2.05, 4.69) is 10.00 Å². The maximum Gasteiger partial charge on any atom is 0.345 e. The van der Waals surface area contributed by atoms with Crippen molar-refractivity contribution in [3.05, 3.63) is 52.2 Å². The number of carbonyl (C=O) groups is 1. The molecule has 0 atom stereocenters. The smallest absolute Gasteiger partial charge is 0.345 e. The van der Waals surface area contributed by atoms with E-state index in [0.29, 0.717) is 32.8 Å².